The van der Waals surface area contributed by atoms with Gasteiger partial charge in [0.05, 0.1) is 6.61 Å². The standard InChI is InChI=1S/C23H23N2O3PS/c30-23(25-20-14-8-3-9-15-20)24-16-17-26-29-27-21(18-10-4-1-5-11-18)22(28-29)19-12-6-2-7-13-19/h1-15,21-22H,16-17H2,(H2,24,25,30)/t21-,22-/m1/s1. The number of para-hydroxylation sites is 1. The van der Waals surface area contributed by atoms with E-state index in [1.54, 1.807) is 0 Å². The molecule has 30 heavy (non-hydrogen) atoms. The minimum Gasteiger partial charge on any atom is -0.360 e. The van der Waals surface area contributed by atoms with Crippen LogP contribution in [-0.4, -0.2) is 18.3 Å². The van der Waals surface area contributed by atoms with Crippen LogP contribution >= 0.6 is 20.8 Å². The first-order valence-electron chi connectivity index (χ1n) is 9.76. The largest absolute Gasteiger partial charge is 0.360 e. The molecule has 0 amide bonds. The van der Waals surface area contributed by atoms with Gasteiger partial charge in [0.2, 0.25) is 0 Å². The van der Waals surface area contributed by atoms with E-state index in [2.05, 4.69) is 34.9 Å². The molecular formula is C23H23N2O3PS. The van der Waals surface area contributed by atoms with E-state index in [9.17, 15) is 0 Å². The van der Waals surface area contributed by atoms with Crippen LogP contribution in [0.15, 0.2) is 91.0 Å². The molecule has 5 nitrogen and oxygen atoms in total. The number of hydrogen-bond acceptors (Lipinski definition) is 4. The molecular weight excluding hydrogens is 415 g/mol. The molecule has 0 bridgehead atoms. The summed E-state index contributed by atoms with van der Waals surface area (Å²) in [6.45, 7) is 0.974. The van der Waals surface area contributed by atoms with E-state index in [-0.39, 0.29) is 12.2 Å². The fourth-order valence-electron chi connectivity index (χ4n) is 3.12. The summed E-state index contributed by atoms with van der Waals surface area (Å²) >= 11 is 5.31. The predicted octanol–water partition coefficient (Wildman–Crippen LogP) is 5.75. The fraction of sp³-hybridized carbons (Fsp3) is 0.174. The molecule has 0 radical (unpaired) electrons. The van der Waals surface area contributed by atoms with Crippen LogP contribution < -0.4 is 10.6 Å². The summed E-state index contributed by atoms with van der Waals surface area (Å²) in [5.74, 6) is 0. The van der Waals surface area contributed by atoms with Crippen molar-refractivity contribution >= 4 is 31.6 Å². The van der Waals surface area contributed by atoms with Gasteiger partial charge in [0, 0.05) is 12.2 Å². The SMILES string of the molecule is S=C(NCCOP1O[C@H](c2ccccc2)[C@@H](c2ccccc2)O1)Nc1ccccc1. The van der Waals surface area contributed by atoms with Gasteiger partial charge in [0.1, 0.15) is 12.2 Å². The van der Waals surface area contributed by atoms with Crippen LogP contribution in [0.25, 0.3) is 0 Å². The van der Waals surface area contributed by atoms with Gasteiger partial charge in [-0.3, -0.25) is 0 Å². The average Bonchev–Trinajstić information content (AvgIpc) is 3.23. The van der Waals surface area contributed by atoms with E-state index in [4.69, 9.17) is 25.8 Å². The number of anilines is 1. The lowest BCUT2D eigenvalue weighted by molar-refractivity contribution is 0.159. The minimum atomic E-state index is -1.45. The first-order valence-corrected chi connectivity index (χ1v) is 11.3. The summed E-state index contributed by atoms with van der Waals surface area (Å²) in [5.41, 5.74) is 3.09. The molecule has 2 atom stereocenters. The van der Waals surface area contributed by atoms with Crippen LogP contribution in [0, 0.1) is 0 Å². The van der Waals surface area contributed by atoms with Crippen LogP contribution in [0.2, 0.25) is 0 Å². The fourth-order valence-corrected chi connectivity index (χ4v) is 4.59. The Morgan fingerprint density at radius 3 is 1.83 bits per heavy atom. The van der Waals surface area contributed by atoms with E-state index < -0.39 is 8.60 Å². The Morgan fingerprint density at radius 1 is 0.800 bits per heavy atom. The number of benzene rings is 3. The van der Waals surface area contributed by atoms with Crippen LogP contribution in [0.5, 0.6) is 0 Å². The van der Waals surface area contributed by atoms with E-state index in [1.807, 2.05) is 66.7 Å². The van der Waals surface area contributed by atoms with E-state index >= 15 is 0 Å². The molecule has 154 valence electrons. The molecule has 3 aromatic carbocycles. The summed E-state index contributed by atoms with van der Waals surface area (Å²) < 4.78 is 18.2. The third kappa shape index (κ3) is 5.63. The molecule has 7 heteroatoms. The normalized spacial score (nSPS) is 18.8. The average molecular weight is 438 g/mol. The van der Waals surface area contributed by atoms with Gasteiger partial charge in [-0.15, -0.1) is 0 Å². The Labute approximate surface area is 183 Å². The highest BCUT2D eigenvalue weighted by atomic mass is 32.1. The molecule has 1 aliphatic rings. The lowest BCUT2D eigenvalue weighted by Crippen LogP contribution is -2.31. The molecule has 2 N–H and O–H groups in total. The van der Waals surface area contributed by atoms with E-state index in [1.165, 1.54) is 0 Å². The van der Waals surface area contributed by atoms with Gasteiger partial charge in [-0.25, -0.2) is 0 Å². The second-order valence-electron chi connectivity index (χ2n) is 6.68. The highest BCUT2D eigenvalue weighted by molar-refractivity contribution is 7.80. The molecule has 0 aromatic heterocycles. The lowest BCUT2D eigenvalue weighted by Gasteiger charge is -2.16. The van der Waals surface area contributed by atoms with Crippen LogP contribution in [0.3, 0.4) is 0 Å². The predicted molar refractivity (Wildman–Crippen MR) is 124 cm³/mol. The maximum atomic E-state index is 6.16. The molecule has 4 rings (SSSR count). The Bertz CT molecular complexity index is 883. The van der Waals surface area contributed by atoms with Gasteiger partial charge in [0.15, 0.2) is 5.11 Å². The third-order valence-electron chi connectivity index (χ3n) is 4.55. The number of hydrogen-bond donors (Lipinski definition) is 2. The maximum absolute atomic E-state index is 6.16. The zero-order chi connectivity index (χ0) is 20.6. The van der Waals surface area contributed by atoms with Gasteiger partial charge >= 0.3 is 8.60 Å². The molecule has 0 saturated carbocycles. The molecule has 3 aromatic rings. The number of rotatable bonds is 7. The Morgan fingerprint density at radius 2 is 1.30 bits per heavy atom. The van der Waals surface area contributed by atoms with Crippen molar-refractivity contribution in [3.63, 3.8) is 0 Å². The molecule has 0 unspecified atom stereocenters. The molecule has 1 fully saturated rings. The molecule has 1 heterocycles. The van der Waals surface area contributed by atoms with Crippen molar-refractivity contribution in [1.82, 2.24) is 5.32 Å². The van der Waals surface area contributed by atoms with Gasteiger partial charge in [-0.2, -0.15) is 0 Å². The van der Waals surface area contributed by atoms with Crippen molar-refractivity contribution in [3.8, 4) is 0 Å². The zero-order valence-electron chi connectivity index (χ0n) is 16.3. The molecule has 0 aliphatic carbocycles. The molecule has 0 spiro atoms. The summed E-state index contributed by atoms with van der Waals surface area (Å²) in [6.07, 6.45) is -0.401. The highest BCUT2D eigenvalue weighted by Gasteiger charge is 2.40. The first kappa shape index (κ1) is 20.9. The van der Waals surface area contributed by atoms with E-state index in [0.717, 1.165) is 16.8 Å². The second-order valence-corrected chi connectivity index (χ2v) is 8.21. The Hall–Kier alpha value is -2.34. The third-order valence-corrected chi connectivity index (χ3v) is 5.98. The summed E-state index contributed by atoms with van der Waals surface area (Å²) in [6, 6.07) is 30.0. The summed E-state index contributed by atoms with van der Waals surface area (Å²) in [4.78, 5) is 0. The van der Waals surface area contributed by atoms with Gasteiger partial charge in [-0.05, 0) is 35.5 Å². The quantitative estimate of drug-likeness (QED) is 0.279. The molecule has 1 saturated heterocycles. The number of thiocarbonyl (C=S) groups is 1. The van der Waals surface area contributed by atoms with Crippen molar-refractivity contribution in [2.75, 3.05) is 18.5 Å². The highest BCUT2D eigenvalue weighted by Crippen LogP contribution is 2.60. The summed E-state index contributed by atoms with van der Waals surface area (Å²) in [7, 11) is -1.45. The monoisotopic (exact) mass is 438 g/mol. The van der Waals surface area contributed by atoms with Crippen molar-refractivity contribution in [2.24, 2.45) is 0 Å². The van der Waals surface area contributed by atoms with Crippen LogP contribution in [0.1, 0.15) is 23.3 Å². The van der Waals surface area contributed by atoms with Crippen molar-refractivity contribution in [2.45, 2.75) is 12.2 Å². The minimum absolute atomic E-state index is 0.200. The van der Waals surface area contributed by atoms with Gasteiger partial charge in [0.25, 0.3) is 0 Å². The smallest absolute Gasteiger partial charge is 0.334 e. The van der Waals surface area contributed by atoms with Crippen molar-refractivity contribution < 1.29 is 13.6 Å². The van der Waals surface area contributed by atoms with Gasteiger partial charge in [-0.1, -0.05) is 78.9 Å². The van der Waals surface area contributed by atoms with Crippen LogP contribution in [0.4, 0.5) is 5.69 Å². The molecule has 1 aliphatic heterocycles. The Balaban J connectivity index is 1.30. The van der Waals surface area contributed by atoms with E-state index in [0.29, 0.717) is 18.3 Å². The first-order chi connectivity index (χ1) is 14.8. The number of nitrogens with one attached hydrogen (secondary N) is 2. The second kappa shape index (κ2) is 10.6. The van der Waals surface area contributed by atoms with Crippen molar-refractivity contribution in [3.05, 3.63) is 102 Å². The Kier molecular flexibility index (Phi) is 7.40. The van der Waals surface area contributed by atoms with Crippen LogP contribution in [-0.2, 0) is 13.6 Å². The van der Waals surface area contributed by atoms with Crippen molar-refractivity contribution in [1.29, 1.82) is 0 Å². The zero-order valence-corrected chi connectivity index (χ0v) is 18.0. The summed E-state index contributed by atoms with van der Waals surface area (Å²) in [5, 5.41) is 6.82. The lowest BCUT2D eigenvalue weighted by atomic mass is 9.99. The topological polar surface area (TPSA) is 51.8 Å². The van der Waals surface area contributed by atoms with Gasteiger partial charge < -0.3 is 24.2 Å². The maximum Gasteiger partial charge on any atom is 0.334 e.